The van der Waals surface area contributed by atoms with Crippen molar-refractivity contribution in [2.75, 3.05) is 20.3 Å². The van der Waals surface area contributed by atoms with Gasteiger partial charge in [-0.25, -0.2) is 0 Å². The molecule has 0 unspecified atom stereocenters. The summed E-state index contributed by atoms with van der Waals surface area (Å²) in [5, 5.41) is 2.39. The molecule has 0 aliphatic carbocycles. The molecule has 0 saturated carbocycles. The Morgan fingerprint density at radius 1 is 0.840 bits per heavy atom. The summed E-state index contributed by atoms with van der Waals surface area (Å²) < 4.78 is 11.8. The second kappa shape index (κ2) is 10.9. The molecule has 0 aliphatic rings. The average molecular weight is 353 g/mol. The van der Waals surface area contributed by atoms with Crippen LogP contribution in [-0.2, 0) is 9.16 Å². The van der Waals surface area contributed by atoms with Gasteiger partial charge in [-0.15, -0.1) is 0 Å². The van der Waals surface area contributed by atoms with Gasteiger partial charge < -0.3 is 9.16 Å². The standard InChI is InChI=1S/C22H28O2Si/c1-3-4-5-12-19-24-25(20-13-18-23-2,21-14-8-6-9-15-21)22-16-10-7-11-17-22/h6-11,14-17H,3-5,12,18-19H2,1-2H3. The topological polar surface area (TPSA) is 18.5 Å². The van der Waals surface area contributed by atoms with Crippen LogP contribution in [0.25, 0.3) is 0 Å². The molecule has 25 heavy (non-hydrogen) atoms. The predicted octanol–water partition coefficient (Wildman–Crippen LogP) is 3.53. The zero-order valence-electron chi connectivity index (χ0n) is 15.3. The van der Waals surface area contributed by atoms with Crippen LogP contribution in [-0.4, -0.2) is 28.6 Å². The predicted molar refractivity (Wildman–Crippen MR) is 108 cm³/mol. The van der Waals surface area contributed by atoms with Crippen molar-refractivity contribution in [3.8, 4) is 11.5 Å². The molecule has 132 valence electrons. The van der Waals surface area contributed by atoms with Crippen LogP contribution in [0.5, 0.6) is 0 Å². The van der Waals surface area contributed by atoms with Gasteiger partial charge in [0.05, 0.1) is 0 Å². The van der Waals surface area contributed by atoms with Crippen molar-refractivity contribution < 1.29 is 9.16 Å². The molecule has 0 bridgehead atoms. The lowest BCUT2D eigenvalue weighted by atomic mass is 10.2. The first-order valence-corrected chi connectivity index (χ1v) is 11.0. The van der Waals surface area contributed by atoms with Gasteiger partial charge in [-0.3, -0.25) is 0 Å². The number of hydrogen-bond donors (Lipinski definition) is 0. The average Bonchev–Trinajstić information content (AvgIpc) is 2.68. The Kier molecular flexibility index (Phi) is 8.48. The molecule has 3 heteroatoms. The summed E-state index contributed by atoms with van der Waals surface area (Å²) in [5.74, 6) is 3.19. The highest BCUT2D eigenvalue weighted by Gasteiger charge is 2.38. The fraction of sp³-hybridized carbons (Fsp3) is 0.364. The quantitative estimate of drug-likeness (QED) is 0.390. The Morgan fingerprint density at radius 3 is 1.96 bits per heavy atom. The summed E-state index contributed by atoms with van der Waals surface area (Å²) >= 11 is 0. The summed E-state index contributed by atoms with van der Waals surface area (Å²) in [6, 6.07) is 20.9. The molecule has 0 N–H and O–H groups in total. The first-order chi connectivity index (χ1) is 12.3. The van der Waals surface area contributed by atoms with Gasteiger partial charge >= 0.3 is 8.32 Å². The van der Waals surface area contributed by atoms with Crippen LogP contribution < -0.4 is 10.4 Å². The Hall–Kier alpha value is -1.86. The number of rotatable bonds is 9. The van der Waals surface area contributed by atoms with Crippen LogP contribution >= 0.6 is 0 Å². The SMILES string of the molecule is CCCCCCO[Si](C#CCOC)(c1ccccc1)c1ccccc1. The highest BCUT2D eigenvalue weighted by molar-refractivity contribution is 7.03. The Balaban J connectivity index is 2.37. The lowest BCUT2D eigenvalue weighted by Crippen LogP contribution is -2.60. The van der Waals surface area contributed by atoms with E-state index in [1.165, 1.54) is 29.6 Å². The van der Waals surface area contributed by atoms with Crippen LogP contribution in [0, 0.1) is 11.5 Å². The van der Waals surface area contributed by atoms with E-state index in [4.69, 9.17) is 9.16 Å². The van der Waals surface area contributed by atoms with Gasteiger partial charge in [0.2, 0.25) is 0 Å². The zero-order chi connectivity index (χ0) is 17.8. The minimum atomic E-state index is -2.59. The van der Waals surface area contributed by atoms with Crippen molar-refractivity contribution in [2.24, 2.45) is 0 Å². The van der Waals surface area contributed by atoms with E-state index in [1.54, 1.807) is 7.11 Å². The number of unbranched alkanes of at least 4 members (excludes halogenated alkanes) is 3. The van der Waals surface area contributed by atoms with E-state index in [0.717, 1.165) is 13.0 Å². The van der Waals surface area contributed by atoms with Crippen molar-refractivity contribution in [3.63, 3.8) is 0 Å². The lowest BCUT2D eigenvalue weighted by molar-refractivity contribution is 0.239. The highest BCUT2D eigenvalue weighted by atomic mass is 28.4. The van der Waals surface area contributed by atoms with Crippen LogP contribution in [0.1, 0.15) is 32.6 Å². The number of benzene rings is 2. The van der Waals surface area contributed by atoms with Crippen molar-refractivity contribution >= 4 is 18.7 Å². The molecule has 0 aromatic heterocycles. The molecule has 2 aromatic carbocycles. The van der Waals surface area contributed by atoms with E-state index in [1.807, 2.05) is 12.1 Å². The van der Waals surface area contributed by atoms with E-state index < -0.39 is 8.32 Å². The Labute approximate surface area is 153 Å². The smallest absolute Gasteiger partial charge is 0.337 e. The maximum absolute atomic E-state index is 6.60. The molecule has 0 spiro atoms. The third kappa shape index (κ3) is 5.57. The fourth-order valence-corrected chi connectivity index (χ4v) is 5.97. The van der Waals surface area contributed by atoms with Crippen molar-refractivity contribution in [1.29, 1.82) is 0 Å². The van der Waals surface area contributed by atoms with E-state index in [9.17, 15) is 0 Å². The number of methoxy groups -OCH3 is 1. The zero-order valence-corrected chi connectivity index (χ0v) is 16.3. The van der Waals surface area contributed by atoms with Crippen LogP contribution in [0.15, 0.2) is 60.7 Å². The molecule has 0 fully saturated rings. The maximum atomic E-state index is 6.60. The van der Waals surface area contributed by atoms with Gasteiger partial charge in [0.25, 0.3) is 0 Å². The van der Waals surface area contributed by atoms with Gasteiger partial charge in [-0.2, -0.15) is 0 Å². The van der Waals surface area contributed by atoms with Gasteiger partial charge in [0, 0.05) is 13.7 Å². The Morgan fingerprint density at radius 2 is 1.44 bits per heavy atom. The van der Waals surface area contributed by atoms with Crippen molar-refractivity contribution in [2.45, 2.75) is 32.6 Å². The van der Waals surface area contributed by atoms with Crippen molar-refractivity contribution in [1.82, 2.24) is 0 Å². The maximum Gasteiger partial charge on any atom is 0.337 e. The van der Waals surface area contributed by atoms with Gasteiger partial charge in [0.1, 0.15) is 6.61 Å². The molecular formula is C22H28O2Si. The van der Waals surface area contributed by atoms with Crippen LogP contribution in [0.4, 0.5) is 0 Å². The molecular weight excluding hydrogens is 324 g/mol. The third-order valence-electron chi connectivity index (χ3n) is 4.16. The first-order valence-electron chi connectivity index (χ1n) is 9.07. The Bertz CT molecular complexity index is 619. The minimum Gasteiger partial charge on any atom is -0.399 e. The molecule has 0 saturated heterocycles. The van der Waals surface area contributed by atoms with Crippen LogP contribution in [0.3, 0.4) is 0 Å². The molecule has 2 aromatic rings. The largest absolute Gasteiger partial charge is 0.399 e. The number of ether oxygens (including phenoxy) is 1. The van der Waals surface area contributed by atoms with E-state index >= 15 is 0 Å². The number of hydrogen-bond acceptors (Lipinski definition) is 2. The summed E-state index contributed by atoms with van der Waals surface area (Å²) in [6.07, 6.45) is 4.77. The van der Waals surface area contributed by atoms with E-state index in [-0.39, 0.29) is 0 Å². The minimum absolute atomic E-state index is 0.424. The van der Waals surface area contributed by atoms with Gasteiger partial charge in [-0.05, 0) is 16.8 Å². The summed E-state index contributed by atoms with van der Waals surface area (Å²) in [6.45, 7) is 3.40. The van der Waals surface area contributed by atoms with Crippen LogP contribution in [0.2, 0.25) is 0 Å². The summed E-state index contributed by atoms with van der Waals surface area (Å²) in [5.41, 5.74) is 3.50. The molecule has 0 aliphatic heterocycles. The summed E-state index contributed by atoms with van der Waals surface area (Å²) in [7, 11) is -0.911. The second-order valence-corrected chi connectivity index (χ2v) is 9.11. The monoisotopic (exact) mass is 352 g/mol. The highest BCUT2D eigenvalue weighted by Crippen LogP contribution is 2.10. The molecule has 0 heterocycles. The first kappa shape index (κ1) is 19.5. The lowest BCUT2D eigenvalue weighted by Gasteiger charge is -2.27. The molecule has 2 rings (SSSR count). The second-order valence-electron chi connectivity index (χ2n) is 6.06. The third-order valence-corrected chi connectivity index (χ3v) is 7.62. The molecule has 0 amide bonds. The molecule has 0 radical (unpaired) electrons. The molecule has 2 nitrogen and oxygen atoms in total. The fourth-order valence-electron chi connectivity index (χ4n) is 2.85. The van der Waals surface area contributed by atoms with E-state index in [0.29, 0.717) is 6.61 Å². The van der Waals surface area contributed by atoms with Gasteiger partial charge in [0.15, 0.2) is 0 Å². The molecule has 0 atom stereocenters. The van der Waals surface area contributed by atoms with E-state index in [2.05, 4.69) is 66.9 Å². The van der Waals surface area contributed by atoms with Crippen molar-refractivity contribution in [3.05, 3.63) is 60.7 Å². The summed E-state index contributed by atoms with van der Waals surface area (Å²) in [4.78, 5) is 0. The van der Waals surface area contributed by atoms with Gasteiger partial charge in [-0.1, -0.05) is 98.3 Å². The normalized spacial score (nSPS) is 11.0.